The molecule has 0 heterocycles. The van der Waals surface area contributed by atoms with Crippen LogP contribution in [0.5, 0.6) is 5.75 Å². The first-order chi connectivity index (χ1) is 7.56. The van der Waals surface area contributed by atoms with E-state index in [9.17, 15) is 10.1 Å². The minimum Gasteiger partial charge on any atom is -0.496 e. The molecule has 0 unspecified atom stereocenters. The van der Waals surface area contributed by atoms with Crippen LogP contribution in [0.4, 0.5) is 0 Å². The highest BCUT2D eigenvalue weighted by Gasteiger charge is 2.16. The maximum atomic E-state index is 10.8. The van der Waals surface area contributed by atoms with Gasteiger partial charge >= 0.3 is 0 Å². The number of ether oxygens (including phenoxy) is 1. The van der Waals surface area contributed by atoms with Crippen molar-refractivity contribution in [1.29, 1.82) is 0 Å². The number of nitrogens with zero attached hydrogens (tertiary/aromatic N) is 1. The van der Waals surface area contributed by atoms with Gasteiger partial charge in [0.1, 0.15) is 5.75 Å². The zero-order chi connectivity index (χ0) is 12.1. The Kier molecular flexibility index (Phi) is 4.05. The Bertz CT molecular complexity index is 410. The lowest BCUT2D eigenvalue weighted by atomic mass is 10.1. The van der Waals surface area contributed by atoms with Crippen LogP contribution in [0.15, 0.2) is 30.0 Å². The van der Waals surface area contributed by atoms with Crippen LogP contribution in [0, 0.1) is 16.0 Å². The maximum absolute atomic E-state index is 10.8. The van der Waals surface area contributed by atoms with Gasteiger partial charge in [0.15, 0.2) is 0 Å². The third kappa shape index (κ3) is 2.82. The monoisotopic (exact) mass is 221 g/mol. The molecule has 0 amide bonds. The third-order valence-electron chi connectivity index (χ3n) is 2.24. The lowest BCUT2D eigenvalue weighted by molar-refractivity contribution is -0.431. The van der Waals surface area contributed by atoms with Gasteiger partial charge < -0.3 is 4.74 Å². The van der Waals surface area contributed by atoms with Gasteiger partial charge in [0.05, 0.1) is 12.0 Å². The second-order valence-corrected chi connectivity index (χ2v) is 3.72. The number of rotatable bonds is 4. The molecule has 0 bridgehead atoms. The van der Waals surface area contributed by atoms with Crippen LogP contribution in [-0.2, 0) is 0 Å². The van der Waals surface area contributed by atoms with E-state index in [0.29, 0.717) is 5.75 Å². The van der Waals surface area contributed by atoms with Gasteiger partial charge in [0, 0.05) is 17.6 Å². The Morgan fingerprint density at radius 1 is 1.44 bits per heavy atom. The smallest absolute Gasteiger partial charge is 0.249 e. The van der Waals surface area contributed by atoms with Crippen LogP contribution < -0.4 is 4.74 Å². The second kappa shape index (κ2) is 5.30. The molecule has 0 N–H and O–H groups in total. The van der Waals surface area contributed by atoms with Gasteiger partial charge in [-0.05, 0) is 6.07 Å². The van der Waals surface area contributed by atoms with E-state index in [-0.39, 0.29) is 16.5 Å². The van der Waals surface area contributed by atoms with Crippen molar-refractivity contribution in [2.24, 2.45) is 5.92 Å². The number of para-hydroxylation sites is 1. The summed E-state index contributed by atoms with van der Waals surface area (Å²) in [5, 5.41) is 10.8. The van der Waals surface area contributed by atoms with Crippen molar-refractivity contribution in [1.82, 2.24) is 0 Å². The molecule has 86 valence electrons. The topological polar surface area (TPSA) is 52.4 Å². The summed E-state index contributed by atoms with van der Waals surface area (Å²) in [5.41, 5.74) is 0.912. The largest absolute Gasteiger partial charge is 0.496 e. The highest BCUT2D eigenvalue weighted by atomic mass is 16.6. The van der Waals surface area contributed by atoms with E-state index in [1.807, 2.05) is 12.1 Å². The molecule has 4 nitrogen and oxygen atoms in total. The fourth-order valence-corrected chi connectivity index (χ4v) is 1.38. The first-order valence-electron chi connectivity index (χ1n) is 5.05. The van der Waals surface area contributed by atoms with Gasteiger partial charge in [0.2, 0.25) is 5.70 Å². The molecular weight excluding hydrogens is 206 g/mol. The summed E-state index contributed by atoms with van der Waals surface area (Å²) >= 11 is 0. The molecule has 0 aromatic heterocycles. The highest BCUT2D eigenvalue weighted by Crippen LogP contribution is 2.23. The molecule has 0 saturated heterocycles. The molecule has 0 aliphatic heterocycles. The quantitative estimate of drug-likeness (QED) is 0.580. The predicted octanol–water partition coefficient (Wildman–Crippen LogP) is 2.97. The number of nitro groups is 1. The van der Waals surface area contributed by atoms with Crippen molar-refractivity contribution >= 4 is 6.08 Å². The summed E-state index contributed by atoms with van der Waals surface area (Å²) in [6.45, 7) is 3.59. The van der Waals surface area contributed by atoms with Gasteiger partial charge in [-0.2, -0.15) is 0 Å². The molecule has 0 saturated carbocycles. The van der Waals surface area contributed by atoms with Crippen LogP contribution >= 0.6 is 0 Å². The molecule has 0 radical (unpaired) electrons. The molecule has 1 aromatic rings. The zero-order valence-corrected chi connectivity index (χ0v) is 9.64. The van der Waals surface area contributed by atoms with Crippen molar-refractivity contribution in [3.05, 3.63) is 45.6 Å². The normalized spacial score (nSPS) is 11.6. The maximum Gasteiger partial charge on any atom is 0.249 e. The highest BCUT2D eigenvalue weighted by molar-refractivity contribution is 5.58. The molecule has 0 fully saturated rings. The average molecular weight is 221 g/mol. The summed E-state index contributed by atoms with van der Waals surface area (Å²) in [6, 6.07) is 7.23. The predicted molar refractivity (Wildman–Crippen MR) is 62.8 cm³/mol. The molecular formula is C12H15NO3. The first kappa shape index (κ1) is 12.2. The fourth-order valence-electron chi connectivity index (χ4n) is 1.38. The van der Waals surface area contributed by atoms with Crippen LogP contribution in [0.1, 0.15) is 19.4 Å². The Labute approximate surface area is 94.7 Å². The van der Waals surface area contributed by atoms with Crippen molar-refractivity contribution in [2.75, 3.05) is 7.11 Å². The molecule has 0 atom stereocenters. The Balaban J connectivity index is 3.17. The summed E-state index contributed by atoms with van der Waals surface area (Å²) in [7, 11) is 1.55. The van der Waals surface area contributed by atoms with Gasteiger partial charge in [-0.25, -0.2) is 0 Å². The minimum absolute atomic E-state index is 0.125. The number of benzene rings is 1. The SMILES string of the molecule is COc1ccccc1/C=C(/C(C)C)[N+](=O)[O-]. The van der Waals surface area contributed by atoms with E-state index in [4.69, 9.17) is 4.74 Å². The third-order valence-corrected chi connectivity index (χ3v) is 2.24. The summed E-state index contributed by atoms with van der Waals surface area (Å²) in [6.07, 6.45) is 1.56. The summed E-state index contributed by atoms with van der Waals surface area (Å²) in [5.74, 6) is 0.516. The van der Waals surface area contributed by atoms with Gasteiger partial charge in [-0.1, -0.05) is 32.0 Å². The van der Waals surface area contributed by atoms with Crippen LogP contribution in [-0.4, -0.2) is 12.0 Å². The van der Waals surface area contributed by atoms with Crippen molar-refractivity contribution < 1.29 is 9.66 Å². The van der Waals surface area contributed by atoms with Crippen molar-refractivity contribution in [3.63, 3.8) is 0 Å². The Morgan fingerprint density at radius 2 is 2.06 bits per heavy atom. The number of methoxy groups -OCH3 is 1. The minimum atomic E-state index is -0.350. The van der Waals surface area contributed by atoms with E-state index >= 15 is 0 Å². The number of hydrogen-bond donors (Lipinski definition) is 0. The van der Waals surface area contributed by atoms with E-state index in [0.717, 1.165) is 5.56 Å². The standard InChI is InChI=1S/C12H15NO3/c1-9(2)11(13(14)15)8-10-6-4-5-7-12(10)16-3/h4-9H,1-3H3/b11-8-. The second-order valence-electron chi connectivity index (χ2n) is 3.72. The van der Waals surface area contributed by atoms with Gasteiger partial charge in [-0.3, -0.25) is 10.1 Å². The van der Waals surface area contributed by atoms with Gasteiger partial charge in [-0.15, -0.1) is 0 Å². The molecule has 1 aromatic carbocycles. The van der Waals surface area contributed by atoms with Crippen molar-refractivity contribution in [3.8, 4) is 5.75 Å². The zero-order valence-electron chi connectivity index (χ0n) is 9.64. The molecule has 0 aliphatic rings. The van der Waals surface area contributed by atoms with E-state index in [1.165, 1.54) is 0 Å². The average Bonchev–Trinajstić information content (AvgIpc) is 2.25. The molecule has 1 rings (SSSR count). The van der Waals surface area contributed by atoms with Gasteiger partial charge in [0.25, 0.3) is 0 Å². The molecule has 0 aliphatic carbocycles. The fraction of sp³-hybridized carbons (Fsp3) is 0.333. The molecule has 0 spiro atoms. The van der Waals surface area contributed by atoms with E-state index in [1.54, 1.807) is 39.2 Å². The van der Waals surface area contributed by atoms with E-state index in [2.05, 4.69) is 0 Å². The Hall–Kier alpha value is -1.84. The number of allylic oxidation sites excluding steroid dienone is 1. The first-order valence-corrected chi connectivity index (χ1v) is 5.05. The lowest BCUT2D eigenvalue weighted by Gasteiger charge is -2.05. The lowest BCUT2D eigenvalue weighted by Crippen LogP contribution is -2.05. The van der Waals surface area contributed by atoms with Crippen molar-refractivity contribution in [2.45, 2.75) is 13.8 Å². The summed E-state index contributed by atoms with van der Waals surface area (Å²) < 4.78 is 5.14. The van der Waals surface area contributed by atoms with Crippen LogP contribution in [0.3, 0.4) is 0 Å². The summed E-state index contributed by atoms with van der Waals surface area (Å²) in [4.78, 5) is 10.5. The number of hydrogen-bond acceptors (Lipinski definition) is 3. The van der Waals surface area contributed by atoms with Crippen LogP contribution in [0.2, 0.25) is 0 Å². The Morgan fingerprint density at radius 3 is 2.56 bits per heavy atom. The van der Waals surface area contributed by atoms with E-state index < -0.39 is 0 Å². The molecule has 4 heteroatoms. The van der Waals surface area contributed by atoms with Crippen LogP contribution in [0.25, 0.3) is 6.08 Å². The molecule has 16 heavy (non-hydrogen) atoms.